The van der Waals surface area contributed by atoms with Gasteiger partial charge >= 0.3 is 5.97 Å². The number of ether oxygens (including phenoxy) is 1. The lowest BCUT2D eigenvalue weighted by atomic mass is 10.2. The molecule has 0 saturated heterocycles. The van der Waals surface area contributed by atoms with Crippen LogP contribution >= 0.6 is 15.9 Å². The van der Waals surface area contributed by atoms with Gasteiger partial charge in [-0.2, -0.15) is 0 Å². The molecule has 0 unspecified atom stereocenters. The second-order valence-electron chi connectivity index (χ2n) is 3.97. The third-order valence-electron chi connectivity index (χ3n) is 2.63. The molecule has 2 aromatic carbocycles. The van der Waals surface area contributed by atoms with Crippen LogP contribution in [0, 0.1) is 10.1 Å². The number of esters is 1. The molecule has 0 bridgehead atoms. The molecule has 0 aliphatic heterocycles. The number of aldehydes is 1. The molecular weight excluding hydrogens is 342 g/mol. The van der Waals surface area contributed by atoms with Crippen molar-refractivity contribution < 1.29 is 19.2 Å². The fourth-order valence-electron chi connectivity index (χ4n) is 1.62. The van der Waals surface area contributed by atoms with Crippen LogP contribution in [0.3, 0.4) is 0 Å². The van der Waals surface area contributed by atoms with Crippen molar-refractivity contribution in [1.29, 1.82) is 0 Å². The first-order valence-electron chi connectivity index (χ1n) is 5.73. The zero-order chi connectivity index (χ0) is 15.4. The van der Waals surface area contributed by atoms with Gasteiger partial charge in [-0.15, -0.1) is 0 Å². The van der Waals surface area contributed by atoms with E-state index in [-0.39, 0.29) is 22.6 Å². The predicted molar refractivity (Wildman–Crippen MR) is 77.6 cm³/mol. The van der Waals surface area contributed by atoms with Gasteiger partial charge in [0.15, 0.2) is 6.29 Å². The molecule has 0 aliphatic carbocycles. The average molecular weight is 350 g/mol. The molecule has 2 rings (SSSR count). The maximum absolute atomic E-state index is 12.0. The topological polar surface area (TPSA) is 86.5 Å². The van der Waals surface area contributed by atoms with Crippen molar-refractivity contribution in [2.24, 2.45) is 0 Å². The summed E-state index contributed by atoms with van der Waals surface area (Å²) in [6.45, 7) is 0. The van der Waals surface area contributed by atoms with Crippen molar-refractivity contribution >= 4 is 33.9 Å². The SMILES string of the molecule is O=Cc1cc([N+](=O)[O-])ccc1OC(=O)c1ccccc1Br. The normalized spacial score (nSPS) is 9.95. The molecule has 0 radical (unpaired) electrons. The Kier molecular flexibility index (Phi) is 4.44. The Morgan fingerprint density at radius 1 is 1.24 bits per heavy atom. The number of halogens is 1. The number of nitrogens with zero attached hydrogens (tertiary/aromatic N) is 1. The van der Waals surface area contributed by atoms with Crippen molar-refractivity contribution in [3.05, 3.63) is 68.2 Å². The van der Waals surface area contributed by atoms with Gasteiger partial charge in [0, 0.05) is 16.6 Å². The van der Waals surface area contributed by atoms with Crippen LogP contribution in [0.4, 0.5) is 5.69 Å². The van der Waals surface area contributed by atoms with Crippen molar-refractivity contribution in [3.8, 4) is 5.75 Å². The molecule has 0 spiro atoms. The molecule has 21 heavy (non-hydrogen) atoms. The monoisotopic (exact) mass is 349 g/mol. The number of nitro benzene ring substituents is 1. The van der Waals surface area contributed by atoms with Crippen LogP contribution in [-0.4, -0.2) is 17.2 Å². The zero-order valence-corrected chi connectivity index (χ0v) is 12.1. The van der Waals surface area contributed by atoms with Crippen LogP contribution in [-0.2, 0) is 0 Å². The summed E-state index contributed by atoms with van der Waals surface area (Å²) in [7, 11) is 0. The summed E-state index contributed by atoms with van der Waals surface area (Å²) in [4.78, 5) is 33.0. The van der Waals surface area contributed by atoms with Gasteiger partial charge in [0.1, 0.15) is 5.75 Å². The molecule has 2 aromatic rings. The molecule has 0 aliphatic rings. The summed E-state index contributed by atoms with van der Waals surface area (Å²) >= 11 is 3.22. The highest BCUT2D eigenvalue weighted by molar-refractivity contribution is 9.10. The van der Waals surface area contributed by atoms with E-state index < -0.39 is 10.9 Å². The molecule has 0 saturated carbocycles. The fraction of sp³-hybridized carbons (Fsp3) is 0. The van der Waals surface area contributed by atoms with E-state index in [4.69, 9.17) is 4.74 Å². The smallest absolute Gasteiger partial charge is 0.344 e. The van der Waals surface area contributed by atoms with Gasteiger partial charge < -0.3 is 4.74 Å². The van der Waals surface area contributed by atoms with E-state index >= 15 is 0 Å². The molecule has 0 amide bonds. The Balaban J connectivity index is 2.31. The summed E-state index contributed by atoms with van der Waals surface area (Å²) in [6, 6.07) is 10.1. The fourth-order valence-corrected chi connectivity index (χ4v) is 2.06. The van der Waals surface area contributed by atoms with Crippen LogP contribution in [0.15, 0.2) is 46.9 Å². The Labute approximate surface area is 127 Å². The first-order valence-corrected chi connectivity index (χ1v) is 6.52. The predicted octanol–water partition coefficient (Wildman–Crippen LogP) is 3.39. The first kappa shape index (κ1) is 14.9. The number of hydrogen-bond donors (Lipinski definition) is 0. The van der Waals surface area contributed by atoms with Gasteiger partial charge in [0.2, 0.25) is 0 Å². The van der Waals surface area contributed by atoms with Gasteiger partial charge in [-0.25, -0.2) is 4.79 Å². The minimum atomic E-state index is -0.667. The van der Waals surface area contributed by atoms with E-state index in [0.717, 1.165) is 12.1 Å². The summed E-state index contributed by atoms with van der Waals surface area (Å²) in [5.74, 6) is -0.698. The lowest BCUT2D eigenvalue weighted by molar-refractivity contribution is -0.384. The number of benzene rings is 2. The van der Waals surface area contributed by atoms with Gasteiger partial charge in [0.25, 0.3) is 5.69 Å². The molecule has 0 heterocycles. The van der Waals surface area contributed by atoms with Crippen LogP contribution < -0.4 is 4.74 Å². The van der Waals surface area contributed by atoms with E-state index in [1.54, 1.807) is 24.3 Å². The number of carbonyl (C=O) groups excluding carboxylic acids is 2. The van der Waals surface area contributed by atoms with E-state index in [0.29, 0.717) is 10.8 Å². The molecule has 7 heteroatoms. The maximum atomic E-state index is 12.0. The van der Waals surface area contributed by atoms with Crippen molar-refractivity contribution in [2.45, 2.75) is 0 Å². The first-order chi connectivity index (χ1) is 10.0. The lowest BCUT2D eigenvalue weighted by Gasteiger charge is -2.07. The standard InChI is InChI=1S/C14H8BrNO5/c15-12-4-2-1-3-11(12)14(18)21-13-6-5-10(16(19)20)7-9(13)8-17/h1-8H. The zero-order valence-electron chi connectivity index (χ0n) is 10.5. The van der Waals surface area contributed by atoms with Crippen LogP contribution in [0.5, 0.6) is 5.75 Å². The van der Waals surface area contributed by atoms with Crippen molar-refractivity contribution in [1.82, 2.24) is 0 Å². The Morgan fingerprint density at radius 2 is 1.95 bits per heavy atom. The van der Waals surface area contributed by atoms with E-state index in [1.165, 1.54) is 6.07 Å². The Morgan fingerprint density at radius 3 is 2.57 bits per heavy atom. The van der Waals surface area contributed by atoms with E-state index in [1.807, 2.05) is 0 Å². The number of hydrogen-bond acceptors (Lipinski definition) is 5. The second-order valence-corrected chi connectivity index (χ2v) is 4.82. The minimum Gasteiger partial charge on any atom is -0.422 e. The van der Waals surface area contributed by atoms with Crippen LogP contribution in [0.1, 0.15) is 20.7 Å². The molecule has 0 atom stereocenters. The van der Waals surface area contributed by atoms with Crippen LogP contribution in [0.25, 0.3) is 0 Å². The molecule has 6 nitrogen and oxygen atoms in total. The van der Waals surface area contributed by atoms with E-state index in [9.17, 15) is 19.7 Å². The Hall–Kier alpha value is -2.54. The average Bonchev–Trinajstić information content (AvgIpc) is 2.47. The molecule has 0 aromatic heterocycles. The second kappa shape index (κ2) is 6.27. The number of nitro groups is 1. The summed E-state index contributed by atoms with van der Waals surface area (Å²) in [5, 5.41) is 10.6. The molecule has 0 fully saturated rings. The highest BCUT2D eigenvalue weighted by Gasteiger charge is 2.16. The minimum absolute atomic E-state index is 0.0312. The largest absolute Gasteiger partial charge is 0.422 e. The lowest BCUT2D eigenvalue weighted by Crippen LogP contribution is -2.10. The molecular formula is C14H8BrNO5. The highest BCUT2D eigenvalue weighted by atomic mass is 79.9. The summed E-state index contributed by atoms with van der Waals surface area (Å²) < 4.78 is 5.66. The molecule has 106 valence electrons. The third-order valence-corrected chi connectivity index (χ3v) is 3.32. The van der Waals surface area contributed by atoms with Crippen LogP contribution in [0.2, 0.25) is 0 Å². The van der Waals surface area contributed by atoms with Gasteiger partial charge in [-0.1, -0.05) is 12.1 Å². The summed E-state index contributed by atoms with van der Waals surface area (Å²) in [5.41, 5.74) is -0.0323. The van der Waals surface area contributed by atoms with E-state index in [2.05, 4.69) is 15.9 Å². The third kappa shape index (κ3) is 3.32. The van der Waals surface area contributed by atoms with Gasteiger partial charge in [-0.3, -0.25) is 14.9 Å². The highest BCUT2D eigenvalue weighted by Crippen LogP contribution is 2.25. The summed E-state index contributed by atoms with van der Waals surface area (Å²) in [6.07, 6.45) is 0.398. The van der Waals surface area contributed by atoms with Crippen molar-refractivity contribution in [2.75, 3.05) is 0 Å². The number of non-ortho nitro benzene ring substituents is 1. The maximum Gasteiger partial charge on any atom is 0.344 e. The molecule has 0 N–H and O–H groups in total. The number of rotatable bonds is 4. The number of carbonyl (C=O) groups is 2. The Bertz CT molecular complexity index is 729. The van der Waals surface area contributed by atoms with Gasteiger partial charge in [-0.05, 0) is 34.1 Å². The quantitative estimate of drug-likeness (QED) is 0.277. The van der Waals surface area contributed by atoms with Crippen molar-refractivity contribution in [3.63, 3.8) is 0 Å². The van der Waals surface area contributed by atoms with Gasteiger partial charge in [0.05, 0.1) is 16.1 Å².